The van der Waals surface area contributed by atoms with Gasteiger partial charge in [0.1, 0.15) is 12.2 Å². The maximum Gasteiger partial charge on any atom is 0.330 e. The SMILES string of the molecule is C#C[C@@]1(F)C(O)[C@@H]([C@H](C)O)O[C@H]1n1ccc(=O)[nH]c1=O. The zero-order valence-electron chi connectivity index (χ0n) is 10.5. The molecule has 1 unspecified atom stereocenters. The molecule has 20 heavy (non-hydrogen) atoms. The lowest BCUT2D eigenvalue weighted by molar-refractivity contribution is -0.0803. The summed E-state index contributed by atoms with van der Waals surface area (Å²) in [6.07, 6.45) is 0.158. The van der Waals surface area contributed by atoms with Crippen molar-refractivity contribution >= 4 is 0 Å². The maximum atomic E-state index is 14.7. The minimum atomic E-state index is -2.70. The topological polar surface area (TPSA) is 105 Å². The number of hydrogen-bond donors (Lipinski definition) is 3. The van der Waals surface area contributed by atoms with Crippen LogP contribution in [0.3, 0.4) is 0 Å². The molecule has 3 N–H and O–H groups in total. The second-order valence-corrected chi connectivity index (χ2v) is 4.57. The molecular weight excluding hydrogens is 271 g/mol. The van der Waals surface area contributed by atoms with Crippen molar-refractivity contribution in [2.24, 2.45) is 0 Å². The number of nitrogens with one attached hydrogen (secondary N) is 1. The summed E-state index contributed by atoms with van der Waals surface area (Å²) in [7, 11) is 0. The number of alkyl halides is 1. The van der Waals surface area contributed by atoms with E-state index in [1.807, 2.05) is 4.98 Å². The van der Waals surface area contributed by atoms with Gasteiger partial charge < -0.3 is 14.9 Å². The number of aliphatic hydroxyl groups is 2. The summed E-state index contributed by atoms with van der Waals surface area (Å²) in [5.41, 5.74) is -4.30. The molecule has 0 spiro atoms. The van der Waals surface area contributed by atoms with Crippen molar-refractivity contribution in [2.45, 2.75) is 37.1 Å². The van der Waals surface area contributed by atoms with Crippen LogP contribution in [0.2, 0.25) is 0 Å². The number of halogens is 1. The highest BCUT2D eigenvalue weighted by Gasteiger charge is 2.58. The molecule has 0 aliphatic carbocycles. The van der Waals surface area contributed by atoms with Crippen molar-refractivity contribution in [1.82, 2.24) is 9.55 Å². The Morgan fingerprint density at radius 2 is 2.30 bits per heavy atom. The fourth-order valence-electron chi connectivity index (χ4n) is 2.12. The second-order valence-electron chi connectivity index (χ2n) is 4.57. The Morgan fingerprint density at radius 3 is 2.80 bits per heavy atom. The number of aliphatic hydroxyl groups excluding tert-OH is 2. The van der Waals surface area contributed by atoms with Crippen molar-refractivity contribution in [2.75, 3.05) is 0 Å². The van der Waals surface area contributed by atoms with E-state index in [9.17, 15) is 24.2 Å². The fourth-order valence-corrected chi connectivity index (χ4v) is 2.12. The Labute approximate surface area is 112 Å². The fraction of sp³-hybridized carbons (Fsp3) is 0.500. The predicted octanol–water partition coefficient (Wildman–Crippen LogP) is -1.48. The van der Waals surface area contributed by atoms with E-state index < -0.39 is 41.5 Å². The van der Waals surface area contributed by atoms with Crippen molar-refractivity contribution in [3.05, 3.63) is 33.1 Å². The number of nitrogens with zero attached hydrogens (tertiary/aromatic N) is 1. The highest BCUT2D eigenvalue weighted by molar-refractivity contribution is 5.20. The van der Waals surface area contributed by atoms with E-state index in [0.717, 1.165) is 16.8 Å². The van der Waals surface area contributed by atoms with Crippen LogP contribution in [-0.4, -0.2) is 43.7 Å². The molecule has 0 aromatic carbocycles. The molecule has 2 rings (SSSR count). The monoisotopic (exact) mass is 284 g/mol. The Hall–Kier alpha value is -1.95. The smallest absolute Gasteiger partial charge is 0.330 e. The van der Waals surface area contributed by atoms with Gasteiger partial charge in [0.05, 0.1) is 6.10 Å². The van der Waals surface area contributed by atoms with E-state index in [2.05, 4.69) is 0 Å². The second kappa shape index (κ2) is 4.86. The third-order valence-electron chi connectivity index (χ3n) is 3.19. The number of terminal acetylenes is 1. The third kappa shape index (κ3) is 2.06. The summed E-state index contributed by atoms with van der Waals surface area (Å²) >= 11 is 0. The number of rotatable bonds is 2. The van der Waals surface area contributed by atoms with Crippen LogP contribution in [0.5, 0.6) is 0 Å². The number of H-pyrrole nitrogens is 1. The molecule has 1 aliphatic heterocycles. The van der Waals surface area contributed by atoms with E-state index in [1.165, 1.54) is 6.92 Å². The largest absolute Gasteiger partial charge is 0.391 e. The minimum absolute atomic E-state index is 0.665. The first kappa shape index (κ1) is 14.5. The van der Waals surface area contributed by atoms with E-state index in [1.54, 1.807) is 5.92 Å². The van der Waals surface area contributed by atoms with E-state index in [-0.39, 0.29) is 0 Å². The zero-order valence-corrected chi connectivity index (χ0v) is 10.5. The summed E-state index contributed by atoms with van der Waals surface area (Å²) in [5.74, 6) is 1.76. The van der Waals surface area contributed by atoms with Gasteiger partial charge in [-0.15, -0.1) is 6.42 Å². The molecule has 108 valence electrons. The first-order chi connectivity index (χ1) is 9.31. The van der Waals surface area contributed by atoms with Crippen molar-refractivity contribution in [1.29, 1.82) is 0 Å². The first-order valence-corrected chi connectivity index (χ1v) is 5.81. The molecule has 8 heteroatoms. The highest BCUT2D eigenvalue weighted by Crippen LogP contribution is 2.41. The summed E-state index contributed by atoms with van der Waals surface area (Å²) in [6, 6.07) is 0.990. The summed E-state index contributed by atoms with van der Waals surface area (Å²) in [4.78, 5) is 24.6. The quantitative estimate of drug-likeness (QED) is 0.574. The van der Waals surface area contributed by atoms with E-state index in [0.29, 0.717) is 0 Å². The summed E-state index contributed by atoms with van der Waals surface area (Å²) in [6.45, 7) is 1.29. The van der Waals surface area contributed by atoms with Gasteiger partial charge in [0.25, 0.3) is 5.56 Å². The number of hydrogen-bond acceptors (Lipinski definition) is 5. The molecule has 7 nitrogen and oxygen atoms in total. The molecule has 1 aromatic heterocycles. The summed E-state index contributed by atoms with van der Waals surface area (Å²) < 4.78 is 20.6. The third-order valence-corrected chi connectivity index (χ3v) is 3.19. The van der Waals surface area contributed by atoms with Gasteiger partial charge in [-0.2, -0.15) is 0 Å². The number of aromatic amines is 1. The lowest BCUT2D eigenvalue weighted by atomic mass is 9.95. The first-order valence-electron chi connectivity index (χ1n) is 5.81. The summed E-state index contributed by atoms with van der Waals surface area (Å²) in [5, 5.41) is 19.3. The Bertz CT molecular complexity index is 661. The van der Waals surface area contributed by atoms with Crippen LogP contribution in [0.15, 0.2) is 21.9 Å². The molecule has 0 saturated carbocycles. The van der Waals surface area contributed by atoms with Crippen LogP contribution in [0.1, 0.15) is 13.2 Å². The van der Waals surface area contributed by atoms with Gasteiger partial charge in [-0.3, -0.25) is 14.3 Å². The lowest BCUT2D eigenvalue weighted by Gasteiger charge is -2.23. The van der Waals surface area contributed by atoms with Crippen molar-refractivity contribution in [3.8, 4) is 12.3 Å². The van der Waals surface area contributed by atoms with Gasteiger partial charge in [0.2, 0.25) is 5.67 Å². The molecule has 0 bridgehead atoms. The molecular formula is C12H13FN2O5. The van der Waals surface area contributed by atoms with E-state index >= 15 is 0 Å². The molecule has 0 radical (unpaired) electrons. The molecule has 5 atom stereocenters. The predicted molar refractivity (Wildman–Crippen MR) is 65.6 cm³/mol. The van der Waals surface area contributed by atoms with Crippen LogP contribution >= 0.6 is 0 Å². The molecule has 1 aromatic rings. The zero-order chi connectivity index (χ0) is 15.1. The molecule has 0 amide bonds. The molecule has 1 aliphatic rings. The average molecular weight is 284 g/mol. The number of ether oxygens (including phenoxy) is 1. The molecule has 1 fully saturated rings. The standard InChI is InChI=1S/C12H13FN2O5/c1-3-12(13)9(18)8(6(2)16)20-10(12)15-5-4-7(17)14-11(15)19/h1,4-6,8-10,16,18H,2H3,(H,14,17,19)/t6-,8+,9?,10+,12+/m0/s1. The Morgan fingerprint density at radius 1 is 1.65 bits per heavy atom. The van der Waals surface area contributed by atoms with Gasteiger partial charge in [0.15, 0.2) is 6.23 Å². The highest BCUT2D eigenvalue weighted by atomic mass is 19.1. The average Bonchev–Trinajstić information content (AvgIpc) is 2.64. The van der Waals surface area contributed by atoms with Crippen LogP contribution in [0.25, 0.3) is 0 Å². The Balaban J connectivity index is 2.53. The van der Waals surface area contributed by atoms with Crippen LogP contribution in [0, 0.1) is 12.3 Å². The van der Waals surface area contributed by atoms with Crippen LogP contribution in [0.4, 0.5) is 4.39 Å². The molecule has 2 heterocycles. The van der Waals surface area contributed by atoms with E-state index in [4.69, 9.17) is 11.2 Å². The van der Waals surface area contributed by atoms with Gasteiger partial charge >= 0.3 is 5.69 Å². The van der Waals surface area contributed by atoms with Crippen LogP contribution < -0.4 is 11.2 Å². The van der Waals surface area contributed by atoms with Gasteiger partial charge in [-0.1, -0.05) is 5.92 Å². The maximum absolute atomic E-state index is 14.7. The minimum Gasteiger partial charge on any atom is -0.391 e. The Kier molecular flexibility index (Phi) is 3.52. The van der Waals surface area contributed by atoms with Crippen molar-refractivity contribution in [3.63, 3.8) is 0 Å². The normalized spacial score (nSPS) is 34.6. The van der Waals surface area contributed by atoms with Gasteiger partial charge in [-0.25, -0.2) is 9.18 Å². The number of aromatic nitrogens is 2. The van der Waals surface area contributed by atoms with Crippen molar-refractivity contribution < 1.29 is 19.3 Å². The lowest BCUT2D eigenvalue weighted by Crippen LogP contribution is -2.45. The van der Waals surface area contributed by atoms with Gasteiger partial charge in [0, 0.05) is 12.3 Å². The van der Waals surface area contributed by atoms with Gasteiger partial charge in [-0.05, 0) is 6.92 Å². The van der Waals surface area contributed by atoms with Crippen LogP contribution in [-0.2, 0) is 4.74 Å². The molecule has 1 saturated heterocycles.